The van der Waals surface area contributed by atoms with Crippen LogP contribution in [0.2, 0.25) is 0 Å². The Bertz CT molecular complexity index is 785. The standard InChI is InChI=1S/C20H25FN4O/c1-12-10-16(21)15(11-18(12)26-3)17-4-5-19(24-23-17)22-20-13(2)25-8-6-14(20)7-9-25/h4-5,10-11,13-14,20H,6-9H2,1-3H3,(H,22,24). The minimum absolute atomic E-state index is 0.315. The molecule has 1 aromatic heterocycles. The number of aryl methyl sites for hydroxylation is 1. The molecule has 3 aliphatic rings. The fourth-order valence-electron chi connectivity index (χ4n) is 4.34. The zero-order valence-corrected chi connectivity index (χ0v) is 15.5. The monoisotopic (exact) mass is 356 g/mol. The van der Waals surface area contributed by atoms with Crippen molar-refractivity contribution in [3.8, 4) is 17.0 Å². The van der Waals surface area contributed by atoms with Crippen LogP contribution in [0.1, 0.15) is 25.3 Å². The Hall–Kier alpha value is -2.21. The number of rotatable bonds is 4. The Balaban J connectivity index is 1.54. The van der Waals surface area contributed by atoms with Crippen molar-refractivity contribution in [3.05, 3.63) is 35.6 Å². The molecule has 4 heterocycles. The molecule has 2 bridgehead atoms. The van der Waals surface area contributed by atoms with Crippen LogP contribution in [-0.2, 0) is 0 Å². The van der Waals surface area contributed by atoms with Gasteiger partial charge in [0.1, 0.15) is 17.4 Å². The van der Waals surface area contributed by atoms with Crippen LogP contribution in [0, 0.1) is 18.7 Å². The number of piperidine rings is 3. The molecule has 6 heteroatoms. The van der Waals surface area contributed by atoms with Gasteiger partial charge < -0.3 is 10.1 Å². The lowest BCUT2D eigenvalue weighted by molar-refractivity contribution is 0.0457. The van der Waals surface area contributed by atoms with Gasteiger partial charge in [0.05, 0.1) is 12.8 Å². The summed E-state index contributed by atoms with van der Waals surface area (Å²) in [6, 6.07) is 7.75. The smallest absolute Gasteiger partial charge is 0.148 e. The molecular weight excluding hydrogens is 331 g/mol. The second-order valence-electron chi connectivity index (χ2n) is 7.39. The quantitative estimate of drug-likeness (QED) is 0.909. The molecule has 0 radical (unpaired) electrons. The molecule has 3 saturated heterocycles. The van der Waals surface area contributed by atoms with E-state index in [2.05, 4.69) is 27.3 Å². The van der Waals surface area contributed by atoms with Crippen LogP contribution >= 0.6 is 0 Å². The molecule has 0 aliphatic carbocycles. The summed E-state index contributed by atoms with van der Waals surface area (Å²) >= 11 is 0. The Morgan fingerprint density at radius 1 is 1.19 bits per heavy atom. The third-order valence-corrected chi connectivity index (χ3v) is 5.92. The minimum atomic E-state index is -0.315. The molecule has 0 amide bonds. The van der Waals surface area contributed by atoms with Gasteiger partial charge in [0.15, 0.2) is 0 Å². The van der Waals surface area contributed by atoms with Crippen molar-refractivity contribution < 1.29 is 9.13 Å². The first-order valence-corrected chi connectivity index (χ1v) is 9.25. The molecule has 2 aromatic rings. The molecule has 2 unspecified atom stereocenters. The summed E-state index contributed by atoms with van der Waals surface area (Å²) in [6.07, 6.45) is 2.48. The molecule has 5 rings (SSSR count). The highest BCUT2D eigenvalue weighted by Gasteiger charge is 2.39. The van der Waals surface area contributed by atoms with E-state index in [0.29, 0.717) is 35.0 Å². The molecular formula is C20H25FN4O. The first-order valence-electron chi connectivity index (χ1n) is 9.25. The molecule has 3 aliphatic heterocycles. The second-order valence-corrected chi connectivity index (χ2v) is 7.39. The number of benzene rings is 1. The molecule has 2 atom stereocenters. The van der Waals surface area contributed by atoms with Gasteiger partial charge in [0, 0.05) is 17.6 Å². The molecule has 1 aromatic carbocycles. The highest BCUT2D eigenvalue weighted by atomic mass is 19.1. The maximum Gasteiger partial charge on any atom is 0.148 e. The van der Waals surface area contributed by atoms with Crippen molar-refractivity contribution in [3.63, 3.8) is 0 Å². The molecule has 3 fully saturated rings. The Morgan fingerprint density at radius 2 is 1.96 bits per heavy atom. The average Bonchev–Trinajstić information content (AvgIpc) is 2.66. The van der Waals surface area contributed by atoms with Crippen molar-refractivity contribution in [2.75, 3.05) is 25.5 Å². The molecule has 1 N–H and O–H groups in total. The SMILES string of the molecule is COc1cc(-c2ccc(NC3C4CCN(CC4)C3C)nn2)c(F)cc1C. The van der Waals surface area contributed by atoms with Gasteiger partial charge in [-0.1, -0.05) is 0 Å². The molecule has 138 valence electrons. The zero-order valence-electron chi connectivity index (χ0n) is 15.5. The van der Waals surface area contributed by atoms with Gasteiger partial charge in [0.25, 0.3) is 0 Å². The predicted octanol–water partition coefficient (Wildman–Crippen LogP) is 3.49. The van der Waals surface area contributed by atoms with E-state index < -0.39 is 0 Å². The van der Waals surface area contributed by atoms with Gasteiger partial charge >= 0.3 is 0 Å². The Kier molecular flexibility index (Phi) is 4.53. The summed E-state index contributed by atoms with van der Waals surface area (Å²) < 4.78 is 19.6. The van der Waals surface area contributed by atoms with Crippen molar-refractivity contribution in [1.29, 1.82) is 0 Å². The van der Waals surface area contributed by atoms with Crippen molar-refractivity contribution in [2.45, 2.75) is 38.8 Å². The number of aromatic nitrogens is 2. The Morgan fingerprint density at radius 3 is 2.58 bits per heavy atom. The number of nitrogens with one attached hydrogen (secondary N) is 1. The lowest BCUT2D eigenvalue weighted by Gasteiger charge is -2.50. The number of hydrogen-bond donors (Lipinski definition) is 1. The van der Waals surface area contributed by atoms with E-state index >= 15 is 0 Å². The first-order chi connectivity index (χ1) is 12.6. The summed E-state index contributed by atoms with van der Waals surface area (Å²) in [5, 5.41) is 12.1. The van der Waals surface area contributed by atoms with Crippen LogP contribution in [0.5, 0.6) is 5.75 Å². The first kappa shape index (κ1) is 17.2. The fraction of sp³-hybridized carbons (Fsp3) is 0.500. The molecule has 5 nitrogen and oxygen atoms in total. The third-order valence-electron chi connectivity index (χ3n) is 5.92. The van der Waals surface area contributed by atoms with E-state index in [9.17, 15) is 4.39 Å². The second kappa shape index (κ2) is 6.83. The number of anilines is 1. The number of ether oxygens (including phenoxy) is 1. The van der Waals surface area contributed by atoms with Crippen LogP contribution in [-0.4, -0.2) is 47.4 Å². The van der Waals surface area contributed by atoms with E-state index in [1.807, 2.05) is 19.1 Å². The van der Waals surface area contributed by atoms with Crippen molar-refractivity contribution >= 4 is 5.82 Å². The lowest BCUT2D eigenvalue weighted by Crippen LogP contribution is -2.59. The van der Waals surface area contributed by atoms with Crippen LogP contribution < -0.4 is 10.1 Å². The van der Waals surface area contributed by atoms with Crippen LogP contribution in [0.25, 0.3) is 11.3 Å². The molecule has 0 spiro atoms. The number of halogens is 1. The normalized spacial score (nSPS) is 27.4. The predicted molar refractivity (Wildman–Crippen MR) is 99.9 cm³/mol. The topological polar surface area (TPSA) is 50.3 Å². The molecule has 26 heavy (non-hydrogen) atoms. The summed E-state index contributed by atoms with van der Waals surface area (Å²) in [7, 11) is 1.58. The van der Waals surface area contributed by atoms with E-state index in [1.54, 1.807) is 13.2 Å². The minimum Gasteiger partial charge on any atom is -0.496 e. The summed E-state index contributed by atoms with van der Waals surface area (Å²) in [5.74, 6) is 1.77. The third kappa shape index (κ3) is 3.03. The largest absolute Gasteiger partial charge is 0.496 e. The Labute approximate surface area is 153 Å². The molecule has 0 saturated carbocycles. The van der Waals surface area contributed by atoms with Gasteiger partial charge in [0.2, 0.25) is 0 Å². The van der Waals surface area contributed by atoms with Gasteiger partial charge in [-0.25, -0.2) is 4.39 Å². The number of methoxy groups -OCH3 is 1. The van der Waals surface area contributed by atoms with Gasteiger partial charge in [-0.05, 0) is 75.5 Å². The van der Waals surface area contributed by atoms with E-state index in [0.717, 1.165) is 11.4 Å². The highest BCUT2D eigenvalue weighted by Crippen LogP contribution is 2.34. The summed E-state index contributed by atoms with van der Waals surface area (Å²) in [6.45, 7) is 6.49. The van der Waals surface area contributed by atoms with E-state index in [1.165, 1.54) is 32.0 Å². The average molecular weight is 356 g/mol. The maximum atomic E-state index is 14.3. The van der Waals surface area contributed by atoms with Crippen LogP contribution in [0.4, 0.5) is 10.2 Å². The fourth-order valence-corrected chi connectivity index (χ4v) is 4.34. The maximum absolute atomic E-state index is 14.3. The van der Waals surface area contributed by atoms with Gasteiger partial charge in [-0.2, -0.15) is 0 Å². The summed E-state index contributed by atoms with van der Waals surface area (Å²) in [5.41, 5.74) is 1.67. The zero-order chi connectivity index (χ0) is 18.3. The van der Waals surface area contributed by atoms with Crippen LogP contribution in [0.3, 0.4) is 0 Å². The summed E-state index contributed by atoms with van der Waals surface area (Å²) in [4.78, 5) is 2.54. The number of fused-ring (bicyclic) bond motifs is 3. The van der Waals surface area contributed by atoms with Crippen LogP contribution in [0.15, 0.2) is 24.3 Å². The number of nitrogens with zero attached hydrogens (tertiary/aromatic N) is 3. The highest BCUT2D eigenvalue weighted by molar-refractivity contribution is 5.63. The van der Waals surface area contributed by atoms with E-state index in [-0.39, 0.29) is 5.82 Å². The van der Waals surface area contributed by atoms with Crippen molar-refractivity contribution in [2.24, 2.45) is 5.92 Å². The van der Waals surface area contributed by atoms with Crippen molar-refractivity contribution in [1.82, 2.24) is 15.1 Å². The lowest BCUT2D eigenvalue weighted by atomic mass is 9.79. The van der Waals surface area contributed by atoms with Gasteiger partial charge in [-0.3, -0.25) is 4.90 Å². The van der Waals surface area contributed by atoms with E-state index in [4.69, 9.17) is 4.74 Å². The number of hydrogen-bond acceptors (Lipinski definition) is 5. The van der Waals surface area contributed by atoms with Gasteiger partial charge in [-0.15, -0.1) is 10.2 Å².